The molecular weight excluding hydrogens is 272 g/mol. The molecule has 22 heavy (non-hydrogen) atoms. The van der Waals surface area contributed by atoms with E-state index in [1.54, 1.807) is 0 Å². The normalized spacial score (nSPS) is 11.3. The number of aromatic nitrogens is 3. The highest BCUT2D eigenvalue weighted by Crippen LogP contribution is 2.24. The monoisotopic (exact) mass is 294 g/mol. The van der Waals surface area contributed by atoms with Gasteiger partial charge in [-0.25, -0.2) is 4.98 Å². The molecule has 1 aromatic carbocycles. The predicted molar refractivity (Wildman–Crippen MR) is 90.5 cm³/mol. The van der Waals surface area contributed by atoms with Crippen molar-refractivity contribution in [2.75, 3.05) is 6.54 Å². The third-order valence-corrected chi connectivity index (χ3v) is 3.96. The van der Waals surface area contributed by atoms with Gasteiger partial charge in [-0.15, -0.1) is 0 Å². The molecule has 114 valence electrons. The van der Waals surface area contributed by atoms with Gasteiger partial charge in [0.2, 0.25) is 0 Å². The van der Waals surface area contributed by atoms with Crippen LogP contribution in [0.2, 0.25) is 0 Å². The van der Waals surface area contributed by atoms with Crippen LogP contribution in [0.5, 0.6) is 0 Å². The molecular formula is C18H22N4. The van der Waals surface area contributed by atoms with Crippen LogP contribution in [0.25, 0.3) is 16.7 Å². The van der Waals surface area contributed by atoms with E-state index in [1.807, 2.05) is 13.8 Å². The van der Waals surface area contributed by atoms with Crippen molar-refractivity contribution in [3.05, 3.63) is 53.1 Å². The number of hydrogen-bond acceptors (Lipinski definition) is 3. The Morgan fingerprint density at radius 2 is 1.82 bits per heavy atom. The van der Waals surface area contributed by atoms with Crippen molar-refractivity contribution in [2.24, 2.45) is 5.73 Å². The topological polar surface area (TPSA) is 56.7 Å². The van der Waals surface area contributed by atoms with Crippen LogP contribution in [-0.2, 0) is 12.8 Å². The lowest BCUT2D eigenvalue weighted by molar-refractivity contribution is 0.905. The summed E-state index contributed by atoms with van der Waals surface area (Å²) in [6.45, 7) is 6.87. The van der Waals surface area contributed by atoms with Crippen molar-refractivity contribution in [3.63, 3.8) is 0 Å². The Morgan fingerprint density at radius 1 is 1.09 bits per heavy atom. The predicted octanol–water partition coefficient (Wildman–Crippen LogP) is 3.10. The number of hydrogen-bond donors (Lipinski definition) is 1. The number of nitrogens with zero attached hydrogens (tertiary/aromatic N) is 3. The first-order chi connectivity index (χ1) is 10.6. The van der Waals surface area contributed by atoms with Gasteiger partial charge in [0.15, 0.2) is 0 Å². The summed E-state index contributed by atoms with van der Waals surface area (Å²) in [6, 6.07) is 10.7. The first-order valence-corrected chi connectivity index (χ1v) is 7.79. The van der Waals surface area contributed by atoms with Gasteiger partial charge in [-0.05, 0) is 50.6 Å². The number of benzene rings is 1. The minimum atomic E-state index is 0.678. The molecule has 0 fully saturated rings. The minimum absolute atomic E-state index is 0.678. The fourth-order valence-corrected chi connectivity index (χ4v) is 2.93. The first kappa shape index (κ1) is 14.7. The third kappa shape index (κ3) is 2.50. The lowest BCUT2D eigenvalue weighted by atomic mass is 10.1. The van der Waals surface area contributed by atoms with Gasteiger partial charge in [0, 0.05) is 17.8 Å². The van der Waals surface area contributed by atoms with E-state index < -0.39 is 0 Å². The van der Waals surface area contributed by atoms with Crippen LogP contribution in [0.3, 0.4) is 0 Å². The Labute approximate surface area is 131 Å². The van der Waals surface area contributed by atoms with E-state index in [0.717, 1.165) is 46.8 Å². The second-order valence-electron chi connectivity index (χ2n) is 5.64. The smallest absolute Gasteiger partial charge is 0.114 e. The molecule has 0 saturated heterocycles. The van der Waals surface area contributed by atoms with Gasteiger partial charge in [0.25, 0.3) is 0 Å². The second kappa shape index (κ2) is 5.89. The number of pyridine rings is 1. The fourth-order valence-electron chi connectivity index (χ4n) is 2.93. The Balaban J connectivity index is 2.20. The van der Waals surface area contributed by atoms with Crippen molar-refractivity contribution in [3.8, 4) is 5.69 Å². The van der Waals surface area contributed by atoms with Crippen LogP contribution in [0, 0.1) is 13.8 Å². The fraction of sp³-hybridized carbons (Fsp3) is 0.333. The summed E-state index contributed by atoms with van der Waals surface area (Å²) in [6.07, 6.45) is 1.80. The van der Waals surface area contributed by atoms with E-state index in [2.05, 4.69) is 46.8 Å². The zero-order chi connectivity index (χ0) is 15.7. The number of imidazole rings is 1. The summed E-state index contributed by atoms with van der Waals surface area (Å²) in [7, 11) is 0. The highest BCUT2D eigenvalue weighted by molar-refractivity contribution is 5.80. The summed E-state index contributed by atoms with van der Waals surface area (Å²) in [5, 5.41) is 0. The molecule has 2 heterocycles. The van der Waals surface area contributed by atoms with Crippen LogP contribution in [-0.4, -0.2) is 21.1 Å². The Kier molecular flexibility index (Phi) is 3.94. The SMILES string of the molecule is CCc1nc2c(C)nc(C)cc2n1-c1ccc(CCN)cc1. The van der Waals surface area contributed by atoms with Crippen LogP contribution in [0.15, 0.2) is 30.3 Å². The molecule has 0 radical (unpaired) electrons. The van der Waals surface area contributed by atoms with Crippen molar-refractivity contribution < 1.29 is 0 Å². The highest BCUT2D eigenvalue weighted by Gasteiger charge is 2.14. The molecule has 0 atom stereocenters. The molecule has 0 bridgehead atoms. The summed E-state index contributed by atoms with van der Waals surface area (Å²) in [5.41, 5.74) is 12.2. The van der Waals surface area contributed by atoms with Crippen LogP contribution in [0.1, 0.15) is 29.7 Å². The van der Waals surface area contributed by atoms with E-state index in [0.29, 0.717) is 6.54 Å². The number of nitrogens with two attached hydrogens (primary N) is 1. The van der Waals surface area contributed by atoms with Crippen molar-refractivity contribution in [1.29, 1.82) is 0 Å². The first-order valence-electron chi connectivity index (χ1n) is 7.79. The van der Waals surface area contributed by atoms with E-state index in [4.69, 9.17) is 10.7 Å². The zero-order valence-electron chi connectivity index (χ0n) is 13.4. The van der Waals surface area contributed by atoms with Crippen molar-refractivity contribution in [1.82, 2.24) is 14.5 Å². The molecule has 3 rings (SSSR count). The third-order valence-electron chi connectivity index (χ3n) is 3.96. The van der Waals surface area contributed by atoms with E-state index in [-0.39, 0.29) is 0 Å². The Hall–Kier alpha value is -2.20. The summed E-state index contributed by atoms with van der Waals surface area (Å²) >= 11 is 0. The second-order valence-corrected chi connectivity index (χ2v) is 5.64. The molecule has 4 heteroatoms. The van der Waals surface area contributed by atoms with E-state index >= 15 is 0 Å². The van der Waals surface area contributed by atoms with Gasteiger partial charge in [-0.3, -0.25) is 9.55 Å². The van der Waals surface area contributed by atoms with Crippen LogP contribution < -0.4 is 5.73 Å². The van der Waals surface area contributed by atoms with Crippen molar-refractivity contribution >= 4 is 11.0 Å². The maximum Gasteiger partial charge on any atom is 0.114 e. The van der Waals surface area contributed by atoms with Gasteiger partial charge in [-0.1, -0.05) is 19.1 Å². The largest absolute Gasteiger partial charge is 0.330 e. The standard InChI is InChI=1S/C18H22N4/c1-4-17-21-18-13(3)20-12(2)11-16(18)22(17)15-7-5-14(6-8-15)9-10-19/h5-8,11H,4,9-10,19H2,1-3H3. The summed E-state index contributed by atoms with van der Waals surface area (Å²) < 4.78 is 2.24. The highest BCUT2D eigenvalue weighted by atomic mass is 15.1. The number of aryl methyl sites for hydroxylation is 3. The molecule has 0 unspecified atom stereocenters. The zero-order valence-corrected chi connectivity index (χ0v) is 13.4. The lowest BCUT2D eigenvalue weighted by Gasteiger charge is -2.10. The average Bonchev–Trinajstić information content (AvgIpc) is 2.87. The number of fused-ring (bicyclic) bond motifs is 1. The summed E-state index contributed by atoms with van der Waals surface area (Å²) in [5.74, 6) is 1.07. The van der Waals surface area contributed by atoms with E-state index in [1.165, 1.54) is 5.56 Å². The van der Waals surface area contributed by atoms with E-state index in [9.17, 15) is 0 Å². The van der Waals surface area contributed by atoms with Crippen LogP contribution >= 0.6 is 0 Å². The molecule has 4 nitrogen and oxygen atoms in total. The molecule has 2 N–H and O–H groups in total. The molecule has 0 saturated carbocycles. The van der Waals surface area contributed by atoms with Gasteiger partial charge in [0.05, 0.1) is 11.2 Å². The molecule has 3 aromatic rings. The van der Waals surface area contributed by atoms with Gasteiger partial charge in [0.1, 0.15) is 11.3 Å². The van der Waals surface area contributed by atoms with Crippen molar-refractivity contribution in [2.45, 2.75) is 33.6 Å². The van der Waals surface area contributed by atoms with Gasteiger partial charge < -0.3 is 5.73 Å². The van der Waals surface area contributed by atoms with Gasteiger partial charge >= 0.3 is 0 Å². The maximum atomic E-state index is 5.62. The molecule has 0 amide bonds. The molecule has 2 aromatic heterocycles. The maximum absolute atomic E-state index is 5.62. The minimum Gasteiger partial charge on any atom is -0.330 e. The molecule has 0 aliphatic carbocycles. The number of rotatable bonds is 4. The van der Waals surface area contributed by atoms with Gasteiger partial charge in [-0.2, -0.15) is 0 Å². The summed E-state index contributed by atoms with van der Waals surface area (Å²) in [4.78, 5) is 9.32. The lowest BCUT2D eigenvalue weighted by Crippen LogP contribution is -2.04. The van der Waals surface area contributed by atoms with Crippen LogP contribution in [0.4, 0.5) is 0 Å². The molecule has 0 spiro atoms. The quantitative estimate of drug-likeness (QED) is 0.804. The Bertz CT molecular complexity index is 800. The molecule has 0 aliphatic rings. The molecule has 0 aliphatic heterocycles. The Morgan fingerprint density at radius 3 is 2.45 bits per heavy atom. The average molecular weight is 294 g/mol.